The van der Waals surface area contributed by atoms with E-state index in [4.69, 9.17) is 0 Å². The molecule has 0 aliphatic carbocycles. The van der Waals surface area contributed by atoms with Crippen molar-refractivity contribution in [1.82, 2.24) is 15.5 Å². The van der Waals surface area contributed by atoms with Crippen LogP contribution >= 0.6 is 0 Å². The number of benzene rings is 2. The molecule has 0 bridgehead atoms. The van der Waals surface area contributed by atoms with Crippen LogP contribution in [-0.2, 0) is 9.59 Å². The van der Waals surface area contributed by atoms with E-state index in [1.54, 1.807) is 55.5 Å². The van der Waals surface area contributed by atoms with Crippen molar-refractivity contribution in [3.63, 3.8) is 0 Å². The van der Waals surface area contributed by atoms with Gasteiger partial charge in [0, 0.05) is 6.54 Å². The second-order valence-electron chi connectivity index (χ2n) is 6.96. The van der Waals surface area contributed by atoms with Gasteiger partial charge in [-0.25, -0.2) is 9.59 Å². The predicted octanol–water partition coefficient (Wildman–Crippen LogP) is 2.18. The van der Waals surface area contributed by atoms with E-state index < -0.39 is 30.0 Å². The lowest BCUT2D eigenvalue weighted by Gasteiger charge is -2.25. The van der Waals surface area contributed by atoms with Gasteiger partial charge in [0.05, 0.1) is 6.04 Å². The van der Waals surface area contributed by atoms with Crippen LogP contribution in [0.2, 0.25) is 0 Å². The monoisotopic (exact) mass is 397 g/mol. The summed E-state index contributed by atoms with van der Waals surface area (Å²) in [6.07, 6.45) is 0.323. The molecule has 0 spiro atoms. The second kappa shape index (κ2) is 8.64. The first-order chi connectivity index (χ1) is 13.9. The normalized spacial score (nSPS) is 18.2. The van der Waals surface area contributed by atoms with Crippen LogP contribution in [0, 0.1) is 0 Å². The Bertz CT molecular complexity index is 902. The zero-order valence-electron chi connectivity index (χ0n) is 15.9. The quantitative estimate of drug-likeness (QED) is 0.596. The third-order valence-corrected chi connectivity index (χ3v) is 4.92. The summed E-state index contributed by atoms with van der Waals surface area (Å²) in [5, 5.41) is 24.5. The molecule has 29 heavy (non-hydrogen) atoms. The van der Waals surface area contributed by atoms with Crippen molar-refractivity contribution >= 4 is 17.9 Å². The lowest BCUT2D eigenvalue weighted by atomic mass is 10.1. The van der Waals surface area contributed by atoms with Crippen LogP contribution in [0.1, 0.15) is 36.6 Å². The van der Waals surface area contributed by atoms with Gasteiger partial charge in [0.15, 0.2) is 6.04 Å². The fourth-order valence-corrected chi connectivity index (χ4v) is 3.46. The number of amides is 3. The number of hydrogen-bond acceptors (Lipinski definition) is 4. The molecule has 1 saturated heterocycles. The van der Waals surface area contributed by atoms with Crippen molar-refractivity contribution in [2.45, 2.75) is 31.5 Å². The molecular weight excluding hydrogens is 374 g/mol. The molecule has 3 rings (SSSR count). The smallest absolute Gasteiger partial charge is 0.331 e. The fourth-order valence-electron chi connectivity index (χ4n) is 3.46. The third-order valence-electron chi connectivity index (χ3n) is 4.92. The van der Waals surface area contributed by atoms with E-state index in [1.807, 2.05) is 0 Å². The van der Waals surface area contributed by atoms with Crippen molar-refractivity contribution in [2.24, 2.45) is 0 Å². The highest BCUT2D eigenvalue weighted by molar-refractivity contribution is 5.92. The van der Waals surface area contributed by atoms with Gasteiger partial charge in [0.25, 0.3) is 0 Å². The third kappa shape index (κ3) is 4.66. The molecule has 1 fully saturated rings. The topological polar surface area (TPSA) is 119 Å². The first-order valence-corrected chi connectivity index (χ1v) is 9.31. The predicted molar refractivity (Wildman–Crippen MR) is 105 cm³/mol. The van der Waals surface area contributed by atoms with E-state index in [0.717, 1.165) is 5.56 Å². The van der Waals surface area contributed by atoms with Gasteiger partial charge in [-0.1, -0.05) is 42.5 Å². The van der Waals surface area contributed by atoms with Crippen molar-refractivity contribution in [1.29, 1.82) is 0 Å². The molecule has 0 saturated carbocycles. The molecule has 2 aromatic rings. The van der Waals surface area contributed by atoms with E-state index in [-0.39, 0.29) is 18.3 Å². The number of rotatable bonds is 6. The molecule has 2 unspecified atom stereocenters. The number of phenolic OH excluding ortho intramolecular Hbond substituents is 1. The standard InChI is InChI=1S/C21H23N3O5/c1-13(15-8-5-9-16(25)12-15)22-21(29)23-17-10-11-24(19(17)26)18(20(27)28)14-6-3-2-4-7-14/h2-9,12-13,17-18,25H,10-11H2,1H3,(H,27,28)(H2,22,23,29)/t13-,17?,18?/m1/s1. The van der Waals surface area contributed by atoms with Gasteiger partial charge in [0.1, 0.15) is 11.8 Å². The highest BCUT2D eigenvalue weighted by atomic mass is 16.4. The number of likely N-dealkylation sites (tertiary alicyclic amines) is 1. The van der Waals surface area contributed by atoms with E-state index in [0.29, 0.717) is 12.0 Å². The molecule has 8 nitrogen and oxygen atoms in total. The number of urea groups is 1. The van der Waals surface area contributed by atoms with Crippen LogP contribution in [0.3, 0.4) is 0 Å². The van der Waals surface area contributed by atoms with Gasteiger partial charge in [-0.2, -0.15) is 0 Å². The van der Waals surface area contributed by atoms with E-state index in [9.17, 15) is 24.6 Å². The molecule has 1 aliphatic rings. The average molecular weight is 397 g/mol. The van der Waals surface area contributed by atoms with E-state index in [1.165, 1.54) is 11.0 Å². The maximum Gasteiger partial charge on any atom is 0.331 e. The molecular formula is C21H23N3O5. The zero-order chi connectivity index (χ0) is 21.0. The number of aliphatic carboxylic acids is 1. The maximum atomic E-state index is 12.7. The number of carboxylic acid groups (broad SMARTS) is 1. The van der Waals surface area contributed by atoms with Gasteiger partial charge in [-0.15, -0.1) is 0 Å². The average Bonchev–Trinajstić information content (AvgIpc) is 3.03. The first-order valence-electron chi connectivity index (χ1n) is 9.31. The summed E-state index contributed by atoms with van der Waals surface area (Å²) in [5.41, 5.74) is 1.23. The van der Waals surface area contributed by atoms with Crippen LogP contribution < -0.4 is 10.6 Å². The number of carbonyl (C=O) groups is 3. The summed E-state index contributed by atoms with van der Waals surface area (Å²) >= 11 is 0. The summed E-state index contributed by atoms with van der Waals surface area (Å²) in [5.74, 6) is -1.45. The Labute approximate surface area is 168 Å². The number of hydrogen-bond donors (Lipinski definition) is 4. The van der Waals surface area contributed by atoms with E-state index >= 15 is 0 Å². The minimum Gasteiger partial charge on any atom is -0.508 e. The van der Waals surface area contributed by atoms with Gasteiger partial charge < -0.3 is 25.7 Å². The molecule has 1 aliphatic heterocycles. The fraction of sp³-hybridized carbons (Fsp3) is 0.286. The number of phenols is 1. The molecule has 8 heteroatoms. The number of carboxylic acids is 1. The second-order valence-corrected chi connectivity index (χ2v) is 6.96. The molecule has 4 N–H and O–H groups in total. The summed E-state index contributed by atoms with van der Waals surface area (Å²) in [6, 6.07) is 12.3. The highest BCUT2D eigenvalue weighted by Gasteiger charge is 2.40. The van der Waals surface area contributed by atoms with Crippen LogP contribution in [-0.4, -0.2) is 45.6 Å². The molecule has 0 aromatic heterocycles. The van der Waals surface area contributed by atoms with Crippen LogP contribution in [0.25, 0.3) is 0 Å². The van der Waals surface area contributed by atoms with Crippen LogP contribution in [0.5, 0.6) is 5.75 Å². The zero-order valence-corrected chi connectivity index (χ0v) is 15.9. The lowest BCUT2D eigenvalue weighted by molar-refractivity contribution is -0.149. The van der Waals surface area contributed by atoms with Crippen molar-refractivity contribution in [3.05, 3.63) is 65.7 Å². The SMILES string of the molecule is C[C@@H](NC(=O)NC1CCN(C(C(=O)O)c2ccccc2)C1=O)c1cccc(O)c1. The number of aromatic hydroxyl groups is 1. The molecule has 3 atom stereocenters. The molecule has 152 valence electrons. The first kappa shape index (κ1) is 20.2. The summed E-state index contributed by atoms with van der Waals surface area (Å²) in [4.78, 5) is 38.1. The molecule has 1 heterocycles. The Balaban J connectivity index is 1.63. The van der Waals surface area contributed by atoms with Gasteiger partial charge in [-0.3, -0.25) is 4.79 Å². The summed E-state index contributed by atoms with van der Waals surface area (Å²) in [7, 11) is 0. The lowest BCUT2D eigenvalue weighted by Crippen LogP contribution is -2.47. The van der Waals surface area contributed by atoms with Crippen molar-refractivity contribution in [3.8, 4) is 5.75 Å². The maximum absolute atomic E-state index is 12.7. The number of carbonyl (C=O) groups excluding carboxylic acids is 2. The van der Waals surface area contributed by atoms with Gasteiger partial charge in [-0.05, 0) is 36.6 Å². The molecule has 0 radical (unpaired) electrons. The Morgan fingerprint density at radius 2 is 1.79 bits per heavy atom. The summed E-state index contributed by atoms with van der Waals surface area (Å²) in [6.45, 7) is 1.99. The summed E-state index contributed by atoms with van der Waals surface area (Å²) < 4.78 is 0. The minimum atomic E-state index is -1.12. The van der Waals surface area contributed by atoms with Crippen molar-refractivity contribution < 1.29 is 24.6 Å². The molecule has 3 amide bonds. The Morgan fingerprint density at radius 1 is 1.10 bits per heavy atom. The highest BCUT2D eigenvalue weighted by Crippen LogP contribution is 2.26. The number of nitrogens with one attached hydrogen (secondary N) is 2. The Morgan fingerprint density at radius 3 is 2.45 bits per heavy atom. The number of nitrogens with zero attached hydrogens (tertiary/aromatic N) is 1. The Hall–Kier alpha value is -3.55. The van der Waals surface area contributed by atoms with E-state index in [2.05, 4.69) is 10.6 Å². The van der Waals surface area contributed by atoms with Crippen LogP contribution in [0.15, 0.2) is 54.6 Å². The van der Waals surface area contributed by atoms with Crippen molar-refractivity contribution in [2.75, 3.05) is 6.54 Å². The minimum absolute atomic E-state index is 0.0961. The van der Waals surface area contributed by atoms with Crippen LogP contribution in [0.4, 0.5) is 4.79 Å². The van der Waals surface area contributed by atoms with Gasteiger partial charge >= 0.3 is 12.0 Å². The molecule has 2 aromatic carbocycles. The van der Waals surface area contributed by atoms with Gasteiger partial charge in [0.2, 0.25) is 5.91 Å². The Kier molecular flexibility index (Phi) is 6.01. The largest absolute Gasteiger partial charge is 0.508 e.